The van der Waals surface area contributed by atoms with Gasteiger partial charge < -0.3 is 4.90 Å². The van der Waals surface area contributed by atoms with Gasteiger partial charge in [-0.25, -0.2) is 0 Å². The van der Waals surface area contributed by atoms with Crippen molar-refractivity contribution in [1.82, 2.24) is 14.9 Å². The predicted octanol–water partition coefficient (Wildman–Crippen LogP) is 3.33. The maximum atomic E-state index is 13.0. The molecule has 1 saturated heterocycles. The molecular formula is C21H18N4O. The Kier molecular flexibility index (Phi) is 4.10. The lowest BCUT2D eigenvalue weighted by Crippen LogP contribution is -2.44. The quantitative estimate of drug-likeness (QED) is 0.716. The summed E-state index contributed by atoms with van der Waals surface area (Å²) in [4.78, 5) is 23.4. The van der Waals surface area contributed by atoms with Crippen molar-refractivity contribution in [3.05, 3.63) is 72.1 Å². The lowest BCUT2D eigenvalue weighted by molar-refractivity contribution is 0.0693. The van der Waals surface area contributed by atoms with Gasteiger partial charge in [-0.1, -0.05) is 36.4 Å². The molecule has 0 bridgehead atoms. The summed E-state index contributed by atoms with van der Waals surface area (Å²) in [5.41, 5.74) is 2.42. The summed E-state index contributed by atoms with van der Waals surface area (Å²) >= 11 is 0. The molecule has 2 aromatic carbocycles. The van der Waals surface area contributed by atoms with Gasteiger partial charge in [0.25, 0.3) is 5.91 Å². The summed E-state index contributed by atoms with van der Waals surface area (Å²) in [6, 6.07) is 17.9. The number of hydrogen-bond acceptors (Lipinski definition) is 4. The van der Waals surface area contributed by atoms with Gasteiger partial charge in [0.05, 0.1) is 22.6 Å². The van der Waals surface area contributed by atoms with Gasteiger partial charge in [-0.15, -0.1) is 0 Å². The Balaban J connectivity index is 1.58. The Morgan fingerprint density at radius 1 is 1.00 bits per heavy atom. The molecule has 1 aromatic heterocycles. The van der Waals surface area contributed by atoms with E-state index in [9.17, 15) is 10.1 Å². The first-order chi connectivity index (χ1) is 12.7. The number of benzene rings is 2. The monoisotopic (exact) mass is 342 g/mol. The summed E-state index contributed by atoms with van der Waals surface area (Å²) < 4.78 is 0. The van der Waals surface area contributed by atoms with Crippen LogP contribution in [0.15, 0.2) is 60.9 Å². The zero-order valence-electron chi connectivity index (χ0n) is 14.3. The Hall–Kier alpha value is -3.26. The standard InChI is InChI=1S/C21H18N4O/c22-15-21(16-5-2-1-3-6-16)9-13-25(14-10-21)20(26)17-7-4-8-18-19(17)24-12-11-23-18/h1-8,11-12H,9-10,13-14H2. The van der Waals surface area contributed by atoms with Crippen LogP contribution in [0.1, 0.15) is 28.8 Å². The van der Waals surface area contributed by atoms with Gasteiger partial charge in [0.1, 0.15) is 5.52 Å². The zero-order chi connectivity index (χ0) is 18.0. The Labute approximate surface area is 151 Å². The molecule has 1 aliphatic rings. The number of para-hydroxylation sites is 1. The minimum Gasteiger partial charge on any atom is -0.338 e. The van der Waals surface area contributed by atoms with Crippen molar-refractivity contribution in [3.8, 4) is 6.07 Å². The van der Waals surface area contributed by atoms with Crippen molar-refractivity contribution < 1.29 is 4.79 Å². The van der Waals surface area contributed by atoms with E-state index < -0.39 is 5.41 Å². The molecule has 0 radical (unpaired) electrons. The van der Waals surface area contributed by atoms with Gasteiger partial charge in [0.2, 0.25) is 0 Å². The molecule has 0 atom stereocenters. The molecule has 128 valence electrons. The van der Waals surface area contributed by atoms with E-state index in [2.05, 4.69) is 16.0 Å². The zero-order valence-corrected chi connectivity index (χ0v) is 14.3. The van der Waals surface area contributed by atoms with Crippen molar-refractivity contribution in [2.24, 2.45) is 0 Å². The number of piperidine rings is 1. The number of carbonyl (C=O) groups excluding carboxylic acids is 1. The molecule has 0 saturated carbocycles. The second kappa shape index (κ2) is 6.57. The number of carbonyl (C=O) groups is 1. The third kappa shape index (κ3) is 2.70. The molecular weight excluding hydrogens is 324 g/mol. The van der Waals surface area contributed by atoms with Gasteiger partial charge in [-0.05, 0) is 30.5 Å². The molecule has 5 nitrogen and oxygen atoms in total. The van der Waals surface area contributed by atoms with Gasteiger partial charge in [0, 0.05) is 25.5 Å². The number of nitrogens with zero attached hydrogens (tertiary/aromatic N) is 4. The van der Waals surface area contributed by atoms with Crippen LogP contribution in [-0.2, 0) is 5.41 Å². The molecule has 1 amide bonds. The van der Waals surface area contributed by atoms with E-state index >= 15 is 0 Å². The van der Waals surface area contributed by atoms with E-state index in [1.165, 1.54) is 0 Å². The second-order valence-corrected chi connectivity index (χ2v) is 6.58. The molecule has 26 heavy (non-hydrogen) atoms. The number of likely N-dealkylation sites (tertiary alicyclic amines) is 1. The van der Waals surface area contributed by atoms with Crippen LogP contribution in [0.25, 0.3) is 11.0 Å². The Bertz CT molecular complexity index is 980. The van der Waals surface area contributed by atoms with Crippen LogP contribution in [-0.4, -0.2) is 33.9 Å². The average Bonchev–Trinajstić information content (AvgIpc) is 2.73. The number of amides is 1. The van der Waals surface area contributed by atoms with E-state index in [0.29, 0.717) is 42.5 Å². The Morgan fingerprint density at radius 2 is 1.73 bits per heavy atom. The van der Waals surface area contributed by atoms with Crippen molar-refractivity contribution >= 4 is 16.9 Å². The van der Waals surface area contributed by atoms with Crippen molar-refractivity contribution in [3.63, 3.8) is 0 Å². The number of rotatable bonds is 2. The summed E-state index contributed by atoms with van der Waals surface area (Å²) in [5.74, 6) is -0.0456. The number of hydrogen-bond donors (Lipinski definition) is 0. The minimum atomic E-state index is -0.517. The van der Waals surface area contributed by atoms with Gasteiger partial charge in [-0.3, -0.25) is 14.8 Å². The summed E-state index contributed by atoms with van der Waals surface area (Å²) in [6.45, 7) is 1.11. The second-order valence-electron chi connectivity index (χ2n) is 6.58. The highest BCUT2D eigenvalue weighted by molar-refractivity contribution is 6.04. The first kappa shape index (κ1) is 16.2. The molecule has 5 heteroatoms. The van der Waals surface area contributed by atoms with Crippen molar-refractivity contribution in [1.29, 1.82) is 5.26 Å². The molecule has 3 aromatic rings. The smallest absolute Gasteiger partial charge is 0.256 e. The molecule has 0 aliphatic carbocycles. The Morgan fingerprint density at radius 3 is 2.46 bits per heavy atom. The van der Waals surface area contributed by atoms with E-state index in [1.807, 2.05) is 47.4 Å². The van der Waals surface area contributed by atoms with Crippen LogP contribution in [0, 0.1) is 11.3 Å². The third-order valence-electron chi connectivity index (χ3n) is 5.17. The largest absolute Gasteiger partial charge is 0.338 e. The fourth-order valence-electron chi connectivity index (χ4n) is 3.65. The molecule has 1 fully saturated rings. The fraction of sp³-hybridized carbons (Fsp3) is 0.238. The van der Waals surface area contributed by atoms with Crippen LogP contribution in [0.5, 0.6) is 0 Å². The number of fused-ring (bicyclic) bond motifs is 1. The maximum Gasteiger partial charge on any atom is 0.256 e. The van der Waals surface area contributed by atoms with Gasteiger partial charge >= 0.3 is 0 Å². The van der Waals surface area contributed by atoms with Crippen LogP contribution in [0.4, 0.5) is 0 Å². The lowest BCUT2D eigenvalue weighted by Gasteiger charge is -2.37. The first-order valence-corrected chi connectivity index (χ1v) is 8.69. The predicted molar refractivity (Wildman–Crippen MR) is 98.4 cm³/mol. The average molecular weight is 342 g/mol. The fourth-order valence-corrected chi connectivity index (χ4v) is 3.65. The van der Waals surface area contributed by atoms with Gasteiger partial charge in [0.15, 0.2) is 0 Å². The normalized spacial score (nSPS) is 16.2. The van der Waals surface area contributed by atoms with Crippen molar-refractivity contribution in [2.75, 3.05) is 13.1 Å². The molecule has 0 unspecified atom stereocenters. The summed E-state index contributed by atoms with van der Waals surface area (Å²) in [7, 11) is 0. The van der Waals surface area contributed by atoms with Crippen LogP contribution in [0.2, 0.25) is 0 Å². The SMILES string of the molecule is N#CC1(c2ccccc2)CCN(C(=O)c2cccc3nccnc23)CC1. The highest BCUT2D eigenvalue weighted by atomic mass is 16.2. The first-order valence-electron chi connectivity index (χ1n) is 8.69. The van der Waals surface area contributed by atoms with E-state index in [-0.39, 0.29) is 5.91 Å². The van der Waals surface area contributed by atoms with Crippen LogP contribution < -0.4 is 0 Å². The number of aromatic nitrogens is 2. The summed E-state index contributed by atoms with van der Waals surface area (Å²) in [6.07, 6.45) is 4.50. The van der Waals surface area contributed by atoms with Gasteiger partial charge in [-0.2, -0.15) is 5.26 Å². The molecule has 4 rings (SSSR count). The van der Waals surface area contributed by atoms with Crippen LogP contribution in [0.3, 0.4) is 0 Å². The van der Waals surface area contributed by atoms with Crippen molar-refractivity contribution in [2.45, 2.75) is 18.3 Å². The topological polar surface area (TPSA) is 69.9 Å². The summed E-state index contributed by atoms with van der Waals surface area (Å²) in [5, 5.41) is 9.81. The third-order valence-corrected chi connectivity index (χ3v) is 5.17. The molecule has 0 spiro atoms. The van der Waals surface area contributed by atoms with E-state index in [4.69, 9.17) is 0 Å². The minimum absolute atomic E-state index is 0.0456. The molecule has 0 N–H and O–H groups in total. The maximum absolute atomic E-state index is 13.0. The molecule has 2 heterocycles. The molecule has 1 aliphatic heterocycles. The van der Waals surface area contributed by atoms with E-state index in [0.717, 1.165) is 5.56 Å². The number of nitriles is 1. The highest BCUT2D eigenvalue weighted by Gasteiger charge is 2.38. The van der Waals surface area contributed by atoms with E-state index in [1.54, 1.807) is 18.5 Å². The lowest BCUT2D eigenvalue weighted by atomic mass is 9.74. The highest BCUT2D eigenvalue weighted by Crippen LogP contribution is 2.35. The van der Waals surface area contributed by atoms with Crippen LogP contribution >= 0.6 is 0 Å².